The second-order valence-electron chi connectivity index (χ2n) is 10.6. The molecule has 15 heteroatoms. The van der Waals surface area contributed by atoms with Crippen molar-refractivity contribution in [3.63, 3.8) is 0 Å². The molecular formula is C33H29F3N2O10. The van der Waals surface area contributed by atoms with E-state index in [1.807, 2.05) is 0 Å². The lowest BCUT2D eigenvalue weighted by atomic mass is 9.93. The van der Waals surface area contributed by atoms with Gasteiger partial charge in [-0.1, -0.05) is 48.5 Å². The largest absolute Gasteiger partial charge is 0.463 e. The van der Waals surface area contributed by atoms with E-state index in [0.717, 1.165) is 50.5 Å². The van der Waals surface area contributed by atoms with Gasteiger partial charge in [0.25, 0.3) is 5.56 Å². The number of carbonyl (C=O) groups is 4. The zero-order chi connectivity index (χ0) is 35.3. The molecule has 48 heavy (non-hydrogen) atoms. The van der Waals surface area contributed by atoms with Crippen LogP contribution in [0.15, 0.2) is 65.5 Å². The van der Waals surface area contributed by atoms with Gasteiger partial charge in [-0.25, -0.2) is 0 Å². The van der Waals surface area contributed by atoms with Gasteiger partial charge in [0.15, 0.2) is 24.5 Å². The maximum absolute atomic E-state index is 14.4. The third-order valence-electron chi connectivity index (χ3n) is 7.17. The maximum Gasteiger partial charge on any atom is 0.417 e. The molecular weight excluding hydrogens is 641 g/mol. The Morgan fingerprint density at radius 1 is 0.812 bits per heavy atom. The normalized spacial score (nSPS) is 20.6. The van der Waals surface area contributed by atoms with Crippen LogP contribution in [0, 0.1) is 11.3 Å². The van der Waals surface area contributed by atoms with Crippen LogP contribution in [0.1, 0.15) is 45.0 Å². The number of pyridine rings is 1. The minimum Gasteiger partial charge on any atom is -0.463 e. The standard InChI is InChI=1S/C33H29F3N2O10/c1-17(39)44-16-27-28(45-18(2)40)29(46-19(3)41)30(47-20(4)42)32(48-27)38-26(21-10-6-5-7-11-21)14-23(24(15-37)31(38)43)22-12-8-9-13-25(22)33(34,35)36/h5-14,27-30,32H,16H2,1-4H3/t27-,28-,29+,30-,32-/m1/s1. The Bertz CT molecular complexity index is 1820. The summed E-state index contributed by atoms with van der Waals surface area (Å²) in [6.07, 6.45) is -13.1. The summed E-state index contributed by atoms with van der Waals surface area (Å²) in [6, 6.07) is 15.2. The Balaban J connectivity index is 2.09. The van der Waals surface area contributed by atoms with Crippen LogP contribution in [0.25, 0.3) is 22.4 Å². The zero-order valence-corrected chi connectivity index (χ0v) is 26.0. The molecule has 0 N–H and O–H groups in total. The molecule has 1 aromatic heterocycles. The van der Waals surface area contributed by atoms with E-state index in [9.17, 15) is 42.4 Å². The number of carbonyl (C=O) groups excluding carboxylic acids is 4. The van der Waals surface area contributed by atoms with Crippen LogP contribution >= 0.6 is 0 Å². The first-order valence-electron chi connectivity index (χ1n) is 14.4. The van der Waals surface area contributed by atoms with Crippen molar-refractivity contribution >= 4 is 23.9 Å². The van der Waals surface area contributed by atoms with Crippen LogP contribution in [0.5, 0.6) is 0 Å². The number of ether oxygens (including phenoxy) is 5. The smallest absolute Gasteiger partial charge is 0.417 e. The fourth-order valence-electron chi connectivity index (χ4n) is 5.41. The van der Waals surface area contributed by atoms with Crippen molar-refractivity contribution in [3.8, 4) is 28.5 Å². The van der Waals surface area contributed by atoms with Crippen LogP contribution in [0.2, 0.25) is 0 Å². The van der Waals surface area contributed by atoms with Crippen LogP contribution in [-0.2, 0) is 49.0 Å². The van der Waals surface area contributed by atoms with Gasteiger partial charge in [-0.05, 0) is 23.3 Å². The third-order valence-corrected chi connectivity index (χ3v) is 7.17. The summed E-state index contributed by atoms with van der Waals surface area (Å²) in [5, 5.41) is 10.2. The zero-order valence-electron chi connectivity index (χ0n) is 26.0. The number of hydrogen-bond acceptors (Lipinski definition) is 11. The van der Waals surface area contributed by atoms with Gasteiger partial charge in [-0.15, -0.1) is 0 Å². The first kappa shape index (κ1) is 35.4. The number of esters is 4. The molecule has 0 aliphatic carbocycles. The molecule has 1 aliphatic heterocycles. The predicted octanol–water partition coefficient (Wildman–Crippen LogP) is 4.33. The predicted molar refractivity (Wildman–Crippen MR) is 158 cm³/mol. The number of nitriles is 1. The molecule has 1 fully saturated rings. The molecule has 5 atom stereocenters. The van der Waals surface area contributed by atoms with Crippen LogP contribution in [-0.4, -0.2) is 59.5 Å². The Labute approximate surface area is 271 Å². The average molecular weight is 671 g/mol. The summed E-state index contributed by atoms with van der Waals surface area (Å²) in [5.41, 5.74) is -3.62. The molecule has 0 unspecified atom stereocenters. The van der Waals surface area contributed by atoms with Crippen LogP contribution in [0.4, 0.5) is 13.2 Å². The van der Waals surface area contributed by atoms with E-state index >= 15 is 0 Å². The molecule has 252 valence electrons. The van der Waals surface area contributed by atoms with E-state index < -0.39 is 89.6 Å². The maximum atomic E-state index is 14.4. The van der Waals surface area contributed by atoms with Crippen LogP contribution in [0.3, 0.4) is 0 Å². The van der Waals surface area contributed by atoms with Crippen molar-refractivity contribution in [2.75, 3.05) is 6.61 Å². The summed E-state index contributed by atoms with van der Waals surface area (Å²) < 4.78 is 71.0. The van der Waals surface area contributed by atoms with Gasteiger partial charge in [-0.2, -0.15) is 18.4 Å². The van der Waals surface area contributed by atoms with E-state index in [1.165, 1.54) is 24.3 Å². The highest BCUT2D eigenvalue weighted by Gasteiger charge is 2.53. The number of alkyl halides is 3. The quantitative estimate of drug-likeness (QED) is 0.248. The number of aromatic nitrogens is 1. The van der Waals surface area contributed by atoms with Crippen LogP contribution < -0.4 is 5.56 Å². The minimum atomic E-state index is -4.86. The van der Waals surface area contributed by atoms with E-state index in [1.54, 1.807) is 24.3 Å². The molecule has 2 aromatic carbocycles. The highest BCUT2D eigenvalue weighted by molar-refractivity contribution is 5.78. The Morgan fingerprint density at radius 3 is 1.94 bits per heavy atom. The Kier molecular flexibility index (Phi) is 10.7. The van der Waals surface area contributed by atoms with Gasteiger partial charge in [0.2, 0.25) is 0 Å². The number of rotatable bonds is 8. The molecule has 1 saturated heterocycles. The van der Waals surface area contributed by atoms with Crippen molar-refractivity contribution in [2.24, 2.45) is 0 Å². The second-order valence-corrected chi connectivity index (χ2v) is 10.6. The van der Waals surface area contributed by atoms with Gasteiger partial charge < -0.3 is 23.7 Å². The fourth-order valence-corrected chi connectivity index (χ4v) is 5.41. The van der Waals surface area contributed by atoms with E-state index in [-0.39, 0.29) is 16.8 Å². The second kappa shape index (κ2) is 14.5. The summed E-state index contributed by atoms with van der Waals surface area (Å²) in [4.78, 5) is 63.1. The van der Waals surface area contributed by atoms with Crippen molar-refractivity contribution in [3.05, 3.63) is 82.1 Å². The topological polar surface area (TPSA) is 160 Å². The molecule has 3 aromatic rings. The lowest BCUT2D eigenvalue weighted by Crippen LogP contribution is -2.61. The summed E-state index contributed by atoms with van der Waals surface area (Å²) in [5.74, 6) is -3.52. The third kappa shape index (κ3) is 7.72. The number of nitrogens with zero attached hydrogens (tertiary/aromatic N) is 2. The van der Waals surface area contributed by atoms with E-state index in [4.69, 9.17) is 23.7 Å². The van der Waals surface area contributed by atoms with Gasteiger partial charge in [0.05, 0.1) is 11.3 Å². The first-order chi connectivity index (χ1) is 22.6. The lowest BCUT2D eigenvalue weighted by molar-refractivity contribution is -0.268. The van der Waals surface area contributed by atoms with Gasteiger partial charge in [0, 0.05) is 33.3 Å². The first-order valence-corrected chi connectivity index (χ1v) is 14.4. The van der Waals surface area contributed by atoms with Crippen molar-refractivity contribution in [2.45, 2.75) is 64.5 Å². The van der Waals surface area contributed by atoms with Gasteiger partial charge in [0.1, 0.15) is 24.3 Å². The van der Waals surface area contributed by atoms with Gasteiger partial charge >= 0.3 is 30.1 Å². The Hall–Kier alpha value is -5.49. The summed E-state index contributed by atoms with van der Waals surface area (Å²) in [7, 11) is 0. The number of hydrogen-bond donors (Lipinski definition) is 0. The number of benzene rings is 2. The van der Waals surface area contributed by atoms with Crippen molar-refractivity contribution < 1.29 is 56.0 Å². The van der Waals surface area contributed by atoms with Gasteiger partial charge in [-0.3, -0.25) is 28.5 Å². The number of halogens is 3. The monoisotopic (exact) mass is 670 g/mol. The molecule has 0 bridgehead atoms. The molecule has 4 rings (SSSR count). The molecule has 0 saturated carbocycles. The highest BCUT2D eigenvalue weighted by atomic mass is 19.4. The highest BCUT2D eigenvalue weighted by Crippen LogP contribution is 2.41. The SMILES string of the molecule is CC(=O)OC[C@H]1O[C@@H](n2c(-c3ccccc3)cc(-c3ccccc3C(F)(F)F)c(C#N)c2=O)[C@H](OC(C)=O)[C@@H](OC(C)=O)[C@@H]1OC(C)=O. The summed E-state index contributed by atoms with van der Waals surface area (Å²) >= 11 is 0. The summed E-state index contributed by atoms with van der Waals surface area (Å²) in [6.45, 7) is 3.54. The fraction of sp³-hybridized carbons (Fsp3) is 0.333. The molecule has 12 nitrogen and oxygen atoms in total. The van der Waals surface area contributed by atoms with Crippen molar-refractivity contribution in [1.82, 2.24) is 4.57 Å². The average Bonchev–Trinajstić information content (AvgIpc) is 3.01. The van der Waals surface area contributed by atoms with E-state index in [0.29, 0.717) is 0 Å². The molecule has 0 spiro atoms. The molecule has 1 aliphatic rings. The molecule has 0 radical (unpaired) electrons. The van der Waals surface area contributed by atoms with Crippen molar-refractivity contribution in [1.29, 1.82) is 5.26 Å². The molecule has 0 amide bonds. The lowest BCUT2D eigenvalue weighted by Gasteiger charge is -2.45. The van der Waals surface area contributed by atoms with E-state index in [2.05, 4.69) is 0 Å². The minimum absolute atomic E-state index is 0.0903. The molecule has 2 heterocycles. The Morgan fingerprint density at radius 2 is 1.38 bits per heavy atom.